The van der Waals surface area contributed by atoms with E-state index in [2.05, 4.69) is 4.98 Å². The molecule has 0 aliphatic carbocycles. The first-order valence-corrected chi connectivity index (χ1v) is 10.5. The molecule has 0 N–H and O–H groups in total. The maximum absolute atomic E-state index is 13.1. The smallest absolute Gasteiger partial charge is 0.254 e. The van der Waals surface area contributed by atoms with E-state index < -0.39 is 0 Å². The molecule has 152 valence electrons. The van der Waals surface area contributed by atoms with Crippen molar-refractivity contribution < 1.29 is 13.9 Å². The van der Waals surface area contributed by atoms with Crippen LogP contribution in [-0.4, -0.2) is 21.8 Å². The fourth-order valence-electron chi connectivity index (χ4n) is 2.64. The van der Waals surface area contributed by atoms with Crippen molar-refractivity contribution in [3.05, 3.63) is 80.0 Å². The molecule has 0 atom stereocenters. The summed E-state index contributed by atoms with van der Waals surface area (Å²) in [5, 5.41) is 3.66. The van der Waals surface area contributed by atoms with E-state index in [4.69, 9.17) is 27.9 Å². The van der Waals surface area contributed by atoms with E-state index in [-0.39, 0.29) is 24.4 Å². The normalized spacial score (nSPS) is 11.0. The number of carbonyl (C=O) groups is 1. The van der Waals surface area contributed by atoms with Gasteiger partial charge in [0, 0.05) is 28.1 Å². The zero-order chi connectivity index (χ0) is 21.0. The van der Waals surface area contributed by atoms with Crippen molar-refractivity contribution in [3.8, 4) is 5.75 Å². The lowest BCUT2D eigenvalue weighted by atomic mass is 10.1. The van der Waals surface area contributed by atoms with Gasteiger partial charge in [0.2, 0.25) is 0 Å². The third-order valence-electron chi connectivity index (χ3n) is 4.15. The Bertz CT molecular complexity index is 993. The van der Waals surface area contributed by atoms with Gasteiger partial charge in [-0.3, -0.25) is 4.79 Å². The Morgan fingerprint density at radius 3 is 2.62 bits per heavy atom. The molecule has 0 bridgehead atoms. The lowest BCUT2D eigenvalue weighted by Gasteiger charge is -2.26. The summed E-state index contributed by atoms with van der Waals surface area (Å²) >= 11 is 13.5. The molecule has 2 aromatic carbocycles. The topological polar surface area (TPSA) is 42.4 Å². The van der Waals surface area contributed by atoms with Crippen LogP contribution in [0, 0.1) is 5.82 Å². The van der Waals surface area contributed by atoms with Crippen molar-refractivity contribution in [2.75, 3.05) is 0 Å². The van der Waals surface area contributed by atoms with Crippen LogP contribution >= 0.6 is 34.5 Å². The highest BCUT2D eigenvalue weighted by Crippen LogP contribution is 2.28. The Morgan fingerprint density at radius 2 is 1.93 bits per heavy atom. The molecular formula is C21H19Cl2FN2O2S. The first-order valence-electron chi connectivity index (χ1n) is 8.91. The van der Waals surface area contributed by atoms with Gasteiger partial charge in [-0.15, -0.1) is 11.3 Å². The number of hydrogen-bond acceptors (Lipinski definition) is 4. The van der Waals surface area contributed by atoms with Crippen LogP contribution in [-0.2, 0) is 13.2 Å². The molecule has 0 saturated heterocycles. The molecule has 0 aliphatic heterocycles. The average molecular weight is 453 g/mol. The highest BCUT2D eigenvalue weighted by atomic mass is 35.5. The highest BCUT2D eigenvalue weighted by molar-refractivity contribution is 7.09. The molecule has 0 radical (unpaired) electrons. The monoisotopic (exact) mass is 452 g/mol. The van der Waals surface area contributed by atoms with E-state index >= 15 is 0 Å². The van der Waals surface area contributed by atoms with Gasteiger partial charge in [0.1, 0.15) is 23.2 Å². The number of thiazole rings is 1. The fourth-order valence-corrected chi connectivity index (χ4v) is 3.67. The van der Waals surface area contributed by atoms with Gasteiger partial charge in [-0.1, -0.05) is 23.2 Å². The highest BCUT2D eigenvalue weighted by Gasteiger charge is 2.20. The van der Waals surface area contributed by atoms with Crippen LogP contribution in [0.4, 0.5) is 4.39 Å². The van der Waals surface area contributed by atoms with Crippen LogP contribution in [0.1, 0.15) is 34.9 Å². The van der Waals surface area contributed by atoms with E-state index in [9.17, 15) is 9.18 Å². The van der Waals surface area contributed by atoms with Gasteiger partial charge < -0.3 is 9.64 Å². The predicted molar refractivity (Wildman–Crippen MR) is 114 cm³/mol. The summed E-state index contributed by atoms with van der Waals surface area (Å²) in [5.74, 6) is -0.0516. The van der Waals surface area contributed by atoms with Crippen LogP contribution in [0.5, 0.6) is 5.75 Å². The molecular weight excluding hydrogens is 434 g/mol. The molecule has 4 nitrogen and oxygen atoms in total. The summed E-state index contributed by atoms with van der Waals surface area (Å²) in [6.07, 6.45) is 0. The van der Waals surface area contributed by atoms with Crippen molar-refractivity contribution in [1.29, 1.82) is 0 Å². The second-order valence-electron chi connectivity index (χ2n) is 6.63. The van der Waals surface area contributed by atoms with Gasteiger partial charge in [-0.2, -0.15) is 0 Å². The van der Waals surface area contributed by atoms with Crippen LogP contribution < -0.4 is 4.74 Å². The molecule has 29 heavy (non-hydrogen) atoms. The molecule has 1 heterocycles. The number of hydrogen-bond donors (Lipinski definition) is 0. The van der Waals surface area contributed by atoms with Crippen molar-refractivity contribution in [2.45, 2.75) is 33.0 Å². The minimum Gasteiger partial charge on any atom is -0.485 e. The van der Waals surface area contributed by atoms with Crippen molar-refractivity contribution >= 4 is 40.4 Å². The molecule has 3 rings (SSSR count). The molecule has 0 fully saturated rings. The van der Waals surface area contributed by atoms with E-state index in [1.54, 1.807) is 23.1 Å². The number of ether oxygens (including phenoxy) is 1. The number of halogens is 3. The standard InChI is InChI=1S/C21H19Cl2FN2O2S/c1-13(2)26(21(27)14-3-6-16(24)7-4-14)10-17-12-29-20(25-17)11-28-19-9-15(22)5-8-18(19)23/h3-9,12-13H,10-11H2,1-2H3. The number of benzene rings is 2. The average Bonchev–Trinajstić information content (AvgIpc) is 3.14. The Labute approximate surface area is 182 Å². The lowest BCUT2D eigenvalue weighted by molar-refractivity contribution is 0.0688. The number of amides is 1. The molecule has 8 heteroatoms. The predicted octanol–water partition coefficient (Wildman–Crippen LogP) is 6.22. The summed E-state index contributed by atoms with van der Waals surface area (Å²) < 4.78 is 18.9. The number of aromatic nitrogens is 1. The Morgan fingerprint density at radius 1 is 1.21 bits per heavy atom. The Balaban J connectivity index is 1.67. The molecule has 0 saturated carbocycles. The van der Waals surface area contributed by atoms with Crippen LogP contribution in [0.3, 0.4) is 0 Å². The summed E-state index contributed by atoms with van der Waals surface area (Å²) in [6.45, 7) is 4.46. The summed E-state index contributed by atoms with van der Waals surface area (Å²) in [7, 11) is 0. The molecule has 3 aromatic rings. The van der Waals surface area contributed by atoms with E-state index in [1.807, 2.05) is 19.2 Å². The van der Waals surface area contributed by atoms with Gasteiger partial charge >= 0.3 is 0 Å². The Hall–Kier alpha value is -2.15. The van der Waals surface area contributed by atoms with Crippen LogP contribution in [0.15, 0.2) is 47.8 Å². The molecule has 1 aromatic heterocycles. The zero-order valence-electron chi connectivity index (χ0n) is 15.9. The number of carbonyl (C=O) groups excluding carboxylic acids is 1. The van der Waals surface area contributed by atoms with E-state index in [1.165, 1.54) is 35.6 Å². The lowest BCUT2D eigenvalue weighted by Crippen LogP contribution is -2.36. The first kappa shape index (κ1) is 21.6. The summed E-state index contributed by atoms with van der Waals surface area (Å²) in [5.41, 5.74) is 1.20. The van der Waals surface area contributed by atoms with Gasteiger partial charge in [0.25, 0.3) is 5.91 Å². The minimum atomic E-state index is -0.374. The maximum atomic E-state index is 13.1. The van der Waals surface area contributed by atoms with E-state index in [0.717, 1.165) is 10.7 Å². The molecule has 0 spiro atoms. The van der Waals surface area contributed by atoms with Crippen LogP contribution in [0.25, 0.3) is 0 Å². The first-order chi connectivity index (χ1) is 13.8. The van der Waals surface area contributed by atoms with Gasteiger partial charge in [-0.05, 0) is 50.2 Å². The largest absolute Gasteiger partial charge is 0.485 e. The molecule has 0 aliphatic rings. The number of rotatable bonds is 7. The van der Waals surface area contributed by atoms with Gasteiger partial charge in [-0.25, -0.2) is 9.37 Å². The zero-order valence-corrected chi connectivity index (χ0v) is 18.2. The second kappa shape index (κ2) is 9.57. The van der Waals surface area contributed by atoms with Crippen molar-refractivity contribution in [2.24, 2.45) is 0 Å². The quantitative estimate of drug-likeness (QED) is 0.427. The number of nitrogens with zero attached hydrogens (tertiary/aromatic N) is 2. The van der Waals surface area contributed by atoms with Crippen LogP contribution in [0.2, 0.25) is 10.0 Å². The molecule has 1 amide bonds. The van der Waals surface area contributed by atoms with Gasteiger partial charge in [0.05, 0.1) is 17.3 Å². The third-order valence-corrected chi connectivity index (χ3v) is 5.57. The Kier molecular flexibility index (Phi) is 7.11. The second-order valence-corrected chi connectivity index (χ2v) is 8.42. The fraction of sp³-hybridized carbons (Fsp3) is 0.238. The van der Waals surface area contributed by atoms with E-state index in [0.29, 0.717) is 27.9 Å². The summed E-state index contributed by atoms with van der Waals surface area (Å²) in [4.78, 5) is 19.1. The van der Waals surface area contributed by atoms with Gasteiger partial charge in [0.15, 0.2) is 0 Å². The van der Waals surface area contributed by atoms with Crippen molar-refractivity contribution in [1.82, 2.24) is 9.88 Å². The molecule has 0 unspecified atom stereocenters. The van der Waals surface area contributed by atoms with Crippen molar-refractivity contribution in [3.63, 3.8) is 0 Å². The summed E-state index contributed by atoms with van der Waals surface area (Å²) in [6, 6.07) is 10.5. The third kappa shape index (κ3) is 5.69. The minimum absolute atomic E-state index is 0.0424. The maximum Gasteiger partial charge on any atom is 0.254 e. The SMILES string of the molecule is CC(C)N(Cc1csc(COc2cc(Cl)ccc2Cl)n1)C(=O)c1ccc(F)cc1.